The number of aryl methyl sites for hydroxylation is 2. The lowest BCUT2D eigenvalue weighted by Crippen LogP contribution is -2.29. The van der Waals surface area contributed by atoms with Crippen molar-refractivity contribution in [1.82, 2.24) is 15.3 Å². The number of hydrogen-bond donors (Lipinski definition) is 2. The van der Waals surface area contributed by atoms with Gasteiger partial charge in [0.25, 0.3) is 5.91 Å². The number of rotatable bonds is 6. The van der Waals surface area contributed by atoms with Gasteiger partial charge in [-0.3, -0.25) is 4.79 Å². The topological polar surface area (TPSA) is 70.2 Å². The minimum atomic E-state index is -0.0617. The van der Waals surface area contributed by atoms with E-state index in [2.05, 4.69) is 25.5 Å². The van der Waals surface area contributed by atoms with Gasteiger partial charge in [-0.1, -0.05) is 17.7 Å². The van der Waals surface area contributed by atoms with Crippen molar-refractivity contribution in [2.75, 3.05) is 36.4 Å². The highest BCUT2D eigenvalue weighted by Gasteiger charge is 2.15. The average Bonchev–Trinajstić information content (AvgIpc) is 3.13. The van der Waals surface area contributed by atoms with Crippen LogP contribution < -0.4 is 15.5 Å². The second-order valence-electron chi connectivity index (χ2n) is 6.44. The van der Waals surface area contributed by atoms with Crippen molar-refractivity contribution in [2.24, 2.45) is 0 Å². The normalized spacial score (nSPS) is 13.8. The summed E-state index contributed by atoms with van der Waals surface area (Å²) >= 11 is 0. The van der Waals surface area contributed by atoms with Gasteiger partial charge in [0.2, 0.25) is 5.95 Å². The van der Waals surface area contributed by atoms with E-state index in [1.807, 2.05) is 44.2 Å². The Kier molecular flexibility index (Phi) is 5.48. The van der Waals surface area contributed by atoms with Crippen molar-refractivity contribution in [3.63, 3.8) is 0 Å². The van der Waals surface area contributed by atoms with Gasteiger partial charge >= 0.3 is 0 Å². The number of amides is 1. The maximum Gasteiger partial charge on any atom is 0.251 e. The van der Waals surface area contributed by atoms with Crippen LogP contribution in [0.15, 0.2) is 30.3 Å². The summed E-state index contributed by atoms with van der Waals surface area (Å²) in [6.45, 7) is 7.17. The number of aromatic nitrogens is 2. The minimum Gasteiger partial charge on any atom is -0.356 e. The van der Waals surface area contributed by atoms with E-state index in [1.54, 1.807) is 0 Å². The number of anilines is 2. The number of benzene rings is 1. The van der Waals surface area contributed by atoms with E-state index in [0.29, 0.717) is 24.6 Å². The molecule has 0 bridgehead atoms. The van der Waals surface area contributed by atoms with E-state index in [9.17, 15) is 4.79 Å². The number of nitrogens with zero attached hydrogens (tertiary/aromatic N) is 3. The summed E-state index contributed by atoms with van der Waals surface area (Å²) < 4.78 is 0. The first kappa shape index (κ1) is 17.2. The molecule has 1 aliphatic rings. The first-order valence-electron chi connectivity index (χ1n) is 8.81. The molecule has 1 aromatic heterocycles. The summed E-state index contributed by atoms with van der Waals surface area (Å²) in [5.41, 5.74) is 2.71. The highest BCUT2D eigenvalue weighted by Crippen LogP contribution is 2.19. The molecule has 0 saturated carbocycles. The fraction of sp³-hybridized carbons (Fsp3) is 0.421. The van der Waals surface area contributed by atoms with Crippen molar-refractivity contribution >= 4 is 17.7 Å². The van der Waals surface area contributed by atoms with Gasteiger partial charge in [0, 0.05) is 43.5 Å². The molecule has 2 N–H and O–H groups in total. The van der Waals surface area contributed by atoms with E-state index in [4.69, 9.17) is 0 Å². The van der Waals surface area contributed by atoms with Crippen molar-refractivity contribution in [3.8, 4) is 0 Å². The van der Waals surface area contributed by atoms with Gasteiger partial charge in [0.15, 0.2) is 0 Å². The molecule has 1 aliphatic heterocycles. The largest absolute Gasteiger partial charge is 0.356 e. The molecule has 0 spiro atoms. The Balaban J connectivity index is 1.51. The molecule has 1 saturated heterocycles. The van der Waals surface area contributed by atoms with Crippen molar-refractivity contribution in [3.05, 3.63) is 47.2 Å². The van der Waals surface area contributed by atoms with Gasteiger partial charge in [-0.05, 0) is 38.8 Å². The van der Waals surface area contributed by atoms with Crippen LogP contribution >= 0.6 is 0 Å². The minimum absolute atomic E-state index is 0.0617. The maximum absolute atomic E-state index is 12.1. The van der Waals surface area contributed by atoms with Crippen LogP contribution in [0, 0.1) is 13.8 Å². The molecule has 0 unspecified atom stereocenters. The van der Waals surface area contributed by atoms with Gasteiger partial charge < -0.3 is 15.5 Å². The fourth-order valence-electron chi connectivity index (χ4n) is 2.98. The third kappa shape index (κ3) is 4.68. The highest BCUT2D eigenvalue weighted by atomic mass is 16.1. The van der Waals surface area contributed by atoms with Gasteiger partial charge in [-0.25, -0.2) is 4.98 Å². The lowest BCUT2D eigenvalue weighted by molar-refractivity contribution is 0.0955. The summed E-state index contributed by atoms with van der Waals surface area (Å²) in [6, 6.07) is 9.60. The van der Waals surface area contributed by atoms with E-state index < -0.39 is 0 Å². The molecular weight excluding hydrogens is 314 g/mol. The van der Waals surface area contributed by atoms with Crippen LogP contribution in [0.1, 0.15) is 34.5 Å². The third-order valence-corrected chi connectivity index (χ3v) is 4.24. The van der Waals surface area contributed by atoms with Gasteiger partial charge in [0.05, 0.1) is 0 Å². The van der Waals surface area contributed by atoms with Crippen LogP contribution in [0.4, 0.5) is 11.8 Å². The first-order valence-corrected chi connectivity index (χ1v) is 8.81. The van der Waals surface area contributed by atoms with Crippen LogP contribution in [-0.2, 0) is 0 Å². The molecule has 25 heavy (non-hydrogen) atoms. The predicted molar refractivity (Wildman–Crippen MR) is 100 cm³/mol. The number of carbonyl (C=O) groups is 1. The quantitative estimate of drug-likeness (QED) is 0.792. The first-order chi connectivity index (χ1) is 12.1. The van der Waals surface area contributed by atoms with Crippen LogP contribution in [0.3, 0.4) is 0 Å². The maximum atomic E-state index is 12.1. The fourth-order valence-corrected chi connectivity index (χ4v) is 2.98. The van der Waals surface area contributed by atoms with Crippen molar-refractivity contribution in [2.45, 2.75) is 26.7 Å². The lowest BCUT2D eigenvalue weighted by atomic mass is 10.1. The second-order valence-corrected chi connectivity index (χ2v) is 6.44. The Morgan fingerprint density at radius 3 is 2.68 bits per heavy atom. The molecule has 6 nitrogen and oxygen atoms in total. The molecule has 1 amide bonds. The Morgan fingerprint density at radius 1 is 1.12 bits per heavy atom. The Morgan fingerprint density at radius 2 is 1.92 bits per heavy atom. The SMILES string of the molecule is Cc1cccc(C(=O)NCCNc2nc(C)cc(N3CCCC3)n2)c1. The summed E-state index contributed by atoms with van der Waals surface area (Å²) in [5.74, 6) is 1.54. The Bertz CT molecular complexity index is 740. The summed E-state index contributed by atoms with van der Waals surface area (Å²) in [5, 5.41) is 6.12. The smallest absolute Gasteiger partial charge is 0.251 e. The summed E-state index contributed by atoms with van der Waals surface area (Å²) in [7, 11) is 0. The molecule has 2 heterocycles. The molecule has 132 valence electrons. The molecule has 3 rings (SSSR count). The van der Waals surface area contributed by atoms with E-state index in [0.717, 1.165) is 30.2 Å². The van der Waals surface area contributed by atoms with Crippen LogP contribution in [0.2, 0.25) is 0 Å². The van der Waals surface area contributed by atoms with E-state index >= 15 is 0 Å². The molecule has 2 aromatic rings. The number of hydrogen-bond acceptors (Lipinski definition) is 5. The summed E-state index contributed by atoms with van der Waals surface area (Å²) in [4.78, 5) is 23.4. The zero-order valence-electron chi connectivity index (χ0n) is 14.9. The third-order valence-electron chi connectivity index (χ3n) is 4.24. The average molecular weight is 339 g/mol. The van der Waals surface area contributed by atoms with Gasteiger partial charge in [-0.15, -0.1) is 0 Å². The highest BCUT2D eigenvalue weighted by molar-refractivity contribution is 5.94. The van der Waals surface area contributed by atoms with Crippen molar-refractivity contribution in [1.29, 1.82) is 0 Å². The Hall–Kier alpha value is -2.63. The molecule has 1 fully saturated rings. The van der Waals surface area contributed by atoms with Crippen LogP contribution in [-0.4, -0.2) is 42.1 Å². The van der Waals surface area contributed by atoms with E-state index in [1.165, 1.54) is 12.8 Å². The van der Waals surface area contributed by atoms with Crippen LogP contribution in [0.25, 0.3) is 0 Å². The van der Waals surface area contributed by atoms with Crippen molar-refractivity contribution < 1.29 is 4.79 Å². The molecular formula is C19H25N5O. The standard InChI is InChI=1S/C19H25N5O/c1-14-6-5-7-16(12-14)18(25)20-8-9-21-19-22-15(2)13-17(23-19)24-10-3-4-11-24/h5-7,12-13H,3-4,8-11H2,1-2H3,(H,20,25)(H,21,22,23). The molecule has 0 atom stereocenters. The van der Waals surface area contributed by atoms with E-state index in [-0.39, 0.29) is 5.91 Å². The van der Waals surface area contributed by atoms with Gasteiger partial charge in [0.1, 0.15) is 5.82 Å². The molecule has 0 aliphatic carbocycles. The van der Waals surface area contributed by atoms with Crippen LogP contribution in [0.5, 0.6) is 0 Å². The predicted octanol–water partition coefficient (Wildman–Crippen LogP) is 2.54. The molecule has 0 radical (unpaired) electrons. The number of carbonyl (C=O) groups excluding carboxylic acids is 1. The molecule has 1 aromatic carbocycles. The zero-order valence-corrected chi connectivity index (χ0v) is 14.9. The lowest BCUT2D eigenvalue weighted by Gasteiger charge is -2.17. The number of nitrogens with one attached hydrogen (secondary N) is 2. The molecule has 6 heteroatoms. The summed E-state index contributed by atoms with van der Waals surface area (Å²) in [6.07, 6.45) is 2.44. The van der Waals surface area contributed by atoms with Gasteiger partial charge in [-0.2, -0.15) is 4.98 Å². The zero-order chi connectivity index (χ0) is 17.6. The Labute approximate surface area is 148 Å². The second kappa shape index (κ2) is 7.96. The monoisotopic (exact) mass is 339 g/mol.